The van der Waals surface area contributed by atoms with Crippen LogP contribution in [0.5, 0.6) is 0 Å². The van der Waals surface area contributed by atoms with Crippen LogP contribution in [0.15, 0.2) is 30.3 Å². The fourth-order valence-corrected chi connectivity index (χ4v) is 2.56. The number of benzene rings is 1. The molecule has 19 heavy (non-hydrogen) atoms. The number of hydrogen-bond donors (Lipinski definition) is 0. The molecule has 0 N–H and O–H groups in total. The SMILES string of the molecule is O=C(CC(=O)OCc1ccccc1)CC1CCCC1. The molecule has 3 nitrogen and oxygen atoms in total. The lowest BCUT2D eigenvalue weighted by atomic mass is 10.00. The summed E-state index contributed by atoms with van der Waals surface area (Å²) in [6.45, 7) is 0.246. The Kier molecular flexibility index (Phi) is 5.13. The summed E-state index contributed by atoms with van der Waals surface area (Å²) in [5.74, 6) is 0.103. The van der Waals surface area contributed by atoms with E-state index >= 15 is 0 Å². The van der Waals surface area contributed by atoms with Gasteiger partial charge in [0, 0.05) is 6.42 Å². The van der Waals surface area contributed by atoms with Crippen LogP contribution < -0.4 is 0 Å². The summed E-state index contributed by atoms with van der Waals surface area (Å²) in [6.07, 6.45) is 5.16. The Hall–Kier alpha value is -1.64. The van der Waals surface area contributed by atoms with Crippen LogP contribution in [0, 0.1) is 5.92 Å². The Morgan fingerprint density at radius 1 is 1.11 bits per heavy atom. The molecule has 0 unspecified atom stereocenters. The minimum absolute atomic E-state index is 0.0185. The van der Waals surface area contributed by atoms with E-state index in [1.165, 1.54) is 12.8 Å². The van der Waals surface area contributed by atoms with Crippen molar-refractivity contribution in [1.29, 1.82) is 0 Å². The van der Waals surface area contributed by atoms with Gasteiger partial charge in [-0.3, -0.25) is 9.59 Å². The summed E-state index contributed by atoms with van der Waals surface area (Å²) in [5.41, 5.74) is 0.944. The summed E-state index contributed by atoms with van der Waals surface area (Å²) in [6, 6.07) is 9.50. The minimum Gasteiger partial charge on any atom is -0.460 e. The lowest BCUT2D eigenvalue weighted by molar-refractivity contribution is -0.147. The average molecular weight is 260 g/mol. The van der Waals surface area contributed by atoms with E-state index in [1.54, 1.807) is 0 Å². The number of hydrogen-bond acceptors (Lipinski definition) is 3. The smallest absolute Gasteiger partial charge is 0.313 e. The third kappa shape index (κ3) is 4.86. The van der Waals surface area contributed by atoms with Gasteiger partial charge in [-0.2, -0.15) is 0 Å². The van der Waals surface area contributed by atoms with Crippen LogP contribution in [-0.2, 0) is 20.9 Å². The predicted molar refractivity (Wildman–Crippen MR) is 72.4 cm³/mol. The molecule has 1 saturated carbocycles. The zero-order chi connectivity index (χ0) is 13.5. The summed E-state index contributed by atoms with van der Waals surface area (Å²) in [4.78, 5) is 23.3. The molecule has 0 atom stereocenters. The lowest BCUT2D eigenvalue weighted by Crippen LogP contribution is -2.13. The van der Waals surface area contributed by atoms with Gasteiger partial charge in [-0.1, -0.05) is 56.0 Å². The highest BCUT2D eigenvalue weighted by molar-refractivity contribution is 5.95. The van der Waals surface area contributed by atoms with E-state index in [-0.39, 0.29) is 18.8 Å². The third-order valence-corrected chi connectivity index (χ3v) is 3.58. The van der Waals surface area contributed by atoms with Gasteiger partial charge < -0.3 is 4.74 Å². The molecule has 0 bridgehead atoms. The third-order valence-electron chi connectivity index (χ3n) is 3.58. The van der Waals surface area contributed by atoms with Gasteiger partial charge in [0.1, 0.15) is 18.8 Å². The molecule has 0 aliphatic heterocycles. The van der Waals surface area contributed by atoms with Gasteiger partial charge >= 0.3 is 5.97 Å². The number of Topliss-reactive ketones (excluding diaryl/α,β-unsaturated/α-hetero) is 1. The number of rotatable bonds is 6. The molecule has 0 radical (unpaired) electrons. The molecule has 1 aliphatic carbocycles. The van der Waals surface area contributed by atoms with Gasteiger partial charge in [0.25, 0.3) is 0 Å². The molecule has 1 aromatic carbocycles. The Bertz CT molecular complexity index is 419. The zero-order valence-electron chi connectivity index (χ0n) is 11.1. The molecule has 1 aromatic rings. The van der Waals surface area contributed by atoms with Crippen molar-refractivity contribution in [3.63, 3.8) is 0 Å². The Balaban J connectivity index is 1.67. The molecule has 2 rings (SSSR count). The van der Waals surface area contributed by atoms with Crippen molar-refractivity contribution in [2.75, 3.05) is 0 Å². The Morgan fingerprint density at radius 2 is 1.79 bits per heavy atom. The molecule has 3 heteroatoms. The average Bonchev–Trinajstić information content (AvgIpc) is 2.90. The fraction of sp³-hybridized carbons (Fsp3) is 0.500. The van der Waals surface area contributed by atoms with Crippen molar-refractivity contribution in [2.45, 2.75) is 45.1 Å². The summed E-state index contributed by atoms with van der Waals surface area (Å²) in [7, 11) is 0. The largest absolute Gasteiger partial charge is 0.460 e. The maximum atomic E-state index is 11.7. The molecule has 0 aromatic heterocycles. The summed E-state index contributed by atoms with van der Waals surface area (Å²) in [5, 5.41) is 0. The predicted octanol–water partition coefficient (Wildman–Crippen LogP) is 3.27. The van der Waals surface area contributed by atoms with Crippen molar-refractivity contribution in [3.05, 3.63) is 35.9 Å². The molecule has 102 valence electrons. The second-order valence-corrected chi connectivity index (χ2v) is 5.22. The van der Waals surface area contributed by atoms with Crippen LogP contribution in [0.2, 0.25) is 0 Å². The molecular weight excluding hydrogens is 240 g/mol. The minimum atomic E-state index is -0.410. The number of carbonyl (C=O) groups is 2. The molecule has 1 fully saturated rings. The Labute approximate surface area is 114 Å². The Morgan fingerprint density at radius 3 is 2.47 bits per heavy atom. The first-order chi connectivity index (χ1) is 9.24. The van der Waals surface area contributed by atoms with Crippen molar-refractivity contribution >= 4 is 11.8 Å². The van der Waals surface area contributed by atoms with Crippen LogP contribution in [0.1, 0.15) is 44.1 Å². The monoisotopic (exact) mass is 260 g/mol. The van der Waals surface area contributed by atoms with Crippen LogP contribution >= 0.6 is 0 Å². The molecule has 1 aliphatic rings. The first kappa shape index (κ1) is 13.8. The fourth-order valence-electron chi connectivity index (χ4n) is 2.56. The standard InChI is InChI=1S/C16H20O3/c17-15(10-13-6-4-5-7-13)11-16(18)19-12-14-8-2-1-3-9-14/h1-3,8-9,13H,4-7,10-12H2. The highest BCUT2D eigenvalue weighted by Crippen LogP contribution is 2.27. The van der Waals surface area contributed by atoms with E-state index in [4.69, 9.17) is 4.74 Å². The van der Waals surface area contributed by atoms with Crippen LogP contribution in [0.4, 0.5) is 0 Å². The first-order valence-corrected chi connectivity index (χ1v) is 6.95. The molecule has 0 spiro atoms. The van der Waals surface area contributed by atoms with E-state index < -0.39 is 5.97 Å². The normalized spacial score (nSPS) is 15.4. The summed E-state index contributed by atoms with van der Waals surface area (Å²) < 4.78 is 5.10. The highest BCUT2D eigenvalue weighted by Gasteiger charge is 2.20. The van der Waals surface area contributed by atoms with Crippen molar-refractivity contribution in [2.24, 2.45) is 5.92 Å². The molecule has 0 amide bonds. The second-order valence-electron chi connectivity index (χ2n) is 5.22. The van der Waals surface area contributed by atoms with E-state index in [9.17, 15) is 9.59 Å². The van der Waals surface area contributed by atoms with E-state index in [1.807, 2.05) is 30.3 Å². The van der Waals surface area contributed by atoms with Crippen LogP contribution in [0.3, 0.4) is 0 Å². The lowest BCUT2D eigenvalue weighted by Gasteiger charge is -2.08. The molecular formula is C16H20O3. The van der Waals surface area contributed by atoms with Gasteiger partial charge in [0.15, 0.2) is 0 Å². The molecule has 0 saturated heterocycles. The van der Waals surface area contributed by atoms with Crippen LogP contribution in [0.25, 0.3) is 0 Å². The van der Waals surface area contributed by atoms with Crippen LogP contribution in [-0.4, -0.2) is 11.8 Å². The number of ketones is 1. The maximum Gasteiger partial charge on any atom is 0.313 e. The van der Waals surface area contributed by atoms with Gasteiger partial charge in [0.2, 0.25) is 0 Å². The topological polar surface area (TPSA) is 43.4 Å². The second kappa shape index (κ2) is 7.07. The highest BCUT2D eigenvalue weighted by atomic mass is 16.5. The van der Waals surface area contributed by atoms with Crippen molar-refractivity contribution < 1.29 is 14.3 Å². The van der Waals surface area contributed by atoms with E-state index in [2.05, 4.69) is 0 Å². The molecule has 0 heterocycles. The quantitative estimate of drug-likeness (QED) is 0.582. The number of ether oxygens (including phenoxy) is 1. The van der Waals surface area contributed by atoms with Gasteiger partial charge in [-0.15, -0.1) is 0 Å². The maximum absolute atomic E-state index is 11.7. The van der Waals surface area contributed by atoms with Crippen molar-refractivity contribution in [1.82, 2.24) is 0 Å². The summed E-state index contributed by atoms with van der Waals surface area (Å²) >= 11 is 0. The van der Waals surface area contributed by atoms with Gasteiger partial charge in [-0.25, -0.2) is 0 Å². The van der Waals surface area contributed by atoms with Crippen molar-refractivity contribution in [3.8, 4) is 0 Å². The van der Waals surface area contributed by atoms with Gasteiger partial charge in [-0.05, 0) is 11.5 Å². The first-order valence-electron chi connectivity index (χ1n) is 6.95. The van der Waals surface area contributed by atoms with Gasteiger partial charge in [0.05, 0.1) is 0 Å². The zero-order valence-corrected chi connectivity index (χ0v) is 11.1. The van der Waals surface area contributed by atoms with E-state index in [0.717, 1.165) is 18.4 Å². The van der Waals surface area contributed by atoms with E-state index in [0.29, 0.717) is 12.3 Å². The number of carbonyl (C=O) groups excluding carboxylic acids is 2. The number of esters is 1.